The van der Waals surface area contributed by atoms with E-state index in [1.807, 2.05) is 4.72 Å². The van der Waals surface area contributed by atoms with Crippen LogP contribution >= 0.6 is 0 Å². The molecule has 3 heterocycles. The van der Waals surface area contributed by atoms with Gasteiger partial charge in [0.05, 0.1) is 12.6 Å². The molecule has 15 heteroatoms. The summed E-state index contributed by atoms with van der Waals surface area (Å²) in [5, 5.41) is 27.8. The van der Waals surface area contributed by atoms with Gasteiger partial charge in [0.15, 0.2) is 11.5 Å². The highest BCUT2D eigenvalue weighted by molar-refractivity contribution is 7.90. The molecule has 3 rings (SSSR count). The van der Waals surface area contributed by atoms with Crippen molar-refractivity contribution in [3.05, 3.63) is 12.7 Å². The van der Waals surface area contributed by atoms with Crippen LogP contribution in [0.4, 0.5) is 5.82 Å². The van der Waals surface area contributed by atoms with E-state index in [-0.39, 0.29) is 22.9 Å². The number of hydrogen-bond acceptors (Lipinski definition) is 12. The molecule has 2 aromatic rings. The Balaban J connectivity index is 2.18. The first kappa shape index (κ1) is 23.2. The second kappa shape index (κ2) is 8.25. The van der Waals surface area contributed by atoms with E-state index in [2.05, 4.69) is 15.0 Å². The van der Waals surface area contributed by atoms with Crippen molar-refractivity contribution in [3.8, 4) is 0 Å². The number of aromatic nitrogens is 4. The van der Waals surface area contributed by atoms with Gasteiger partial charge in [-0.25, -0.2) is 28.1 Å². The highest BCUT2D eigenvalue weighted by Crippen LogP contribution is 2.41. The molecule has 8 N–H and O–H groups in total. The van der Waals surface area contributed by atoms with Crippen molar-refractivity contribution < 1.29 is 33.3 Å². The van der Waals surface area contributed by atoms with Crippen molar-refractivity contribution in [2.24, 2.45) is 11.7 Å². The summed E-state index contributed by atoms with van der Waals surface area (Å²) < 4.78 is 35.0. The Morgan fingerprint density at radius 2 is 2.06 bits per heavy atom. The number of imidazole rings is 1. The fraction of sp³-hybridized carbons (Fsp3) is 0.625. The lowest BCUT2D eigenvalue weighted by Crippen LogP contribution is -2.59. The highest BCUT2D eigenvalue weighted by atomic mass is 32.2. The van der Waals surface area contributed by atoms with Crippen LogP contribution in [-0.4, -0.2) is 80.1 Å². The van der Waals surface area contributed by atoms with Gasteiger partial charge in [-0.05, 0) is 5.92 Å². The van der Waals surface area contributed by atoms with Gasteiger partial charge in [0.25, 0.3) is 15.9 Å². The maximum atomic E-state index is 13.4. The SMILES string of the molecule is CC[C@H](C)[C@H](N)C(=O)NS(=O)(=O)[C@@]1(n2cnc3c(N)ncnc32)O[C@H](CO)[C@@H](O)[C@H]1O. The number of fused-ring (bicyclic) bond motifs is 1. The first-order valence-corrected chi connectivity index (χ1v) is 10.9. The van der Waals surface area contributed by atoms with Gasteiger partial charge in [0, 0.05) is 0 Å². The zero-order valence-corrected chi connectivity index (χ0v) is 17.6. The molecule has 6 atom stereocenters. The number of carbonyl (C=O) groups is 1. The Labute approximate surface area is 177 Å². The smallest absolute Gasteiger partial charge is 0.300 e. The molecule has 172 valence electrons. The number of carbonyl (C=O) groups excluding carboxylic acids is 1. The van der Waals surface area contributed by atoms with E-state index in [1.54, 1.807) is 13.8 Å². The number of nitrogens with one attached hydrogen (secondary N) is 1. The van der Waals surface area contributed by atoms with Crippen molar-refractivity contribution in [2.45, 2.75) is 49.7 Å². The summed E-state index contributed by atoms with van der Waals surface area (Å²) >= 11 is 0. The molecule has 0 radical (unpaired) electrons. The quantitative estimate of drug-likeness (QED) is 0.242. The maximum Gasteiger partial charge on any atom is 0.300 e. The lowest BCUT2D eigenvalue weighted by atomic mass is 10.00. The highest BCUT2D eigenvalue weighted by Gasteiger charge is 2.65. The van der Waals surface area contributed by atoms with Gasteiger partial charge in [0.1, 0.15) is 36.5 Å². The lowest BCUT2D eigenvalue weighted by molar-refractivity contribution is -0.122. The average molecular weight is 459 g/mol. The number of hydrogen-bond donors (Lipinski definition) is 6. The van der Waals surface area contributed by atoms with Gasteiger partial charge in [-0.15, -0.1) is 0 Å². The van der Waals surface area contributed by atoms with Gasteiger partial charge in [0.2, 0.25) is 0 Å². The summed E-state index contributed by atoms with van der Waals surface area (Å²) in [6.07, 6.45) is -2.97. The van der Waals surface area contributed by atoms with Crippen LogP contribution < -0.4 is 16.2 Å². The van der Waals surface area contributed by atoms with E-state index in [0.29, 0.717) is 6.42 Å². The number of anilines is 1. The van der Waals surface area contributed by atoms with Crippen LogP contribution in [0, 0.1) is 5.92 Å². The standard InChI is InChI=1S/C16H25N7O7S/c1-3-7(2)9(17)15(27)22-31(28,29)16(12(26)11(25)8(4-24)30-16)23-6-21-10-13(18)19-5-20-14(10)23/h5-9,11-12,24-26H,3-4,17H2,1-2H3,(H,22,27)(H2,18,19,20)/t7-,8+,9-,11+,12+,16-/m0/s1. The third-order valence-electron chi connectivity index (χ3n) is 5.46. The van der Waals surface area contributed by atoms with E-state index >= 15 is 0 Å². The minimum atomic E-state index is -4.96. The molecule has 14 nitrogen and oxygen atoms in total. The number of nitrogens with two attached hydrogens (primary N) is 2. The third kappa shape index (κ3) is 3.52. The fourth-order valence-electron chi connectivity index (χ4n) is 3.34. The normalized spacial score (nSPS) is 28.5. The van der Waals surface area contributed by atoms with E-state index in [1.165, 1.54) is 0 Å². The second-order valence-electron chi connectivity index (χ2n) is 7.33. The Bertz CT molecular complexity index is 1080. The van der Waals surface area contributed by atoms with Crippen LogP contribution in [0.3, 0.4) is 0 Å². The molecule has 0 saturated carbocycles. The first-order chi connectivity index (χ1) is 14.5. The number of nitrogens with zero attached hydrogens (tertiary/aromatic N) is 4. The molecule has 0 aromatic carbocycles. The van der Waals surface area contributed by atoms with Crippen molar-refractivity contribution in [1.82, 2.24) is 24.2 Å². The molecule has 1 aliphatic rings. The number of ether oxygens (including phenoxy) is 1. The Kier molecular flexibility index (Phi) is 6.18. The van der Waals surface area contributed by atoms with Crippen LogP contribution in [-0.2, 0) is 24.6 Å². The molecule has 0 bridgehead atoms. The first-order valence-electron chi connectivity index (χ1n) is 9.42. The van der Waals surface area contributed by atoms with Crippen molar-refractivity contribution in [3.63, 3.8) is 0 Å². The summed E-state index contributed by atoms with van der Waals surface area (Å²) in [6.45, 7) is 2.63. The minimum Gasteiger partial charge on any atom is -0.394 e. The van der Waals surface area contributed by atoms with Crippen LogP contribution in [0.5, 0.6) is 0 Å². The summed E-state index contributed by atoms with van der Waals surface area (Å²) in [7, 11) is -4.96. The average Bonchev–Trinajstić information content (AvgIpc) is 3.28. The van der Waals surface area contributed by atoms with Gasteiger partial charge < -0.3 is 31.5 Å². The Morgan fingerprint density at radius 1 is 1.39 bits per heavy atom. The van der Waals surface area contributed by atoms with Crippen molar-refractivity contribution >= 4 is 32.9 Å². The lowest BCUT2D eigenvalue weighted by Gasteiger charge is -2.33. The summed E-state index contributed by atoms with van der Waals surface area (Å²) in [6, 6.07) is -1.17. The Morgan fingerprint density at radius 3 is 2.65 bits per heavy atom. The van der Waals surface area contributed by atoms with Gasteiger partial charge in [-0.2, -0.15) is 0 Å². The van der Waals surface area contributed by atoms with Crippen LogP contribution in [0.25, 0.3) is 11.2 Å². The summed E-state index contributed by atoms with van der Waals surface area (Å²) in [4.78, 5) is 24.2. The molecule has 1 amide bonds. The molecule has 1 aliphatic heterocycles. The van der Waals surface area contributed by atoms with Gasteiger partial charge in [-0.1, -0.05) is 20.3 Å². The molecule has 0 unspecified atom stereocenters. The minimum absolute atomic E-state index is 0.00236. The molecular weight excluding hydrogens is 434 g/mol. The number of amides is 1. The van der Waals surface area contributed by atoms with Gasteiger partial charge >= 0.3 is 5.06 Å². The van der Waals surface area contributed by atoms with Gasteiger partial charge in [-0.3, -0.25) is 9.36 Å². The zero-order chi connectivity index (χ0) is 23.1. The molecule has 0 spiro atoms. The largest absolute Gasteiger partial charge is 0.394 e. The zero-order valence-electron chi connectivity index (χ0n) is 16.8. The predicted molar refractivity (Wildman–Crippen MR) is 106 cm³/mol. The number of aliphatic hydroxyl groups excluding tert-OH is 3. The Hall–Kier alpha value is -2.43. The van der Waals surface area contributed by atoms with Crippen molar-refractivity contribution in [2.75, 3.05) is 12.3 Å². The molecular formula is C16H25N7O7S. The second-order valence-corrected chi connectivity index (χ2v) is 9.13. The number of sulfonamides is 1. The summed E-state index contributed by atoms with van der Waals surface area (Å²) in [5.41, 5.74) is 11.4. The maximum absolute atomic E-state index is 13.4. The topological polar surface area (TPSA) is 229 Å². The summed E-state index contributed by atoms with van der Waals surface area (Å²) in [5.74, 6) is -1.46. The third-order valence-corrected chi connectivity index (χ3v) is 7.23. The van der Waals surface area contributed by atoms with Crippen LogP contribution in [0.1, 0.15) is 20.3 Å². The molecule has 0 aliphatic carbocycles. The fourth-order valence-corrected chi connectivity index (χ4v) is 4.99. The van der Waals surface area contributed by atoms with Crippen LogP contribution in [0.15, 0.2) is 12.7 Å². The monoisotopic (exact) mass is 459 g/mol. The predicted octanol–water partition coefficient (Wildman–Crippen LogP) is -3.05. The number of aliphatic hydroxyl groups is 3. The van der Waals surface area contributed by atoms with E-state index in [0.717, 1.165) is 17.2 Å². The van der Waals surface area contributed by atoms with Crippen LogP contribution in [0.2, 0.25) is 0 Å². The molecule has 2 aromatic heterocycles. The molecule has 1 fully saturated rings. The molecule has 1 saturated heterocycles. The number of nitrogen functional groups attached to an aromatic ring is 1. The van der Waals surface area contributed by atoms with E-state index < -0.39 is 51.9 Å². The van der Waals surface area contributed by atoms with E-state index in [9.17, 15) is 28.5 Å². The number of rotatable bonds is 7. The molecule has 31 heavy (non-hydrogen) atoms. The van der Waals surface area contributed by atoms with E-state index in [4.69, 9.17) is 16.2 Å². The van der Waals surface area contributed by atoms with Crippen molar-refractivity contribution in [1.29, 1.82) is 0 Å².